The molecule has 0 radical (unpaired) electrons. The molecule has 0 bridgehead atoms. The Bertz CT molecular complexity index is 528. The van der Waals surface area contributed by atoms with E-state index in [0.717, 1.165) is 29.9 Å². The first-order chi connectivity index (χ1) is 9.20. The average molecular weight is 276 g/mol. The lowest BCUT2D eigenvalue weighted by Gasteiger charge is -2.15. The summed E-state index contributed by atoms with van der Waals surface area (Å²) in [6.07, 6.45) is 1.63. The smallest absolute Gasteiger partial charge is 0.132 e. The minimum Gasteiger partial charge on any atom is -0.457 e. The molecule has 0 heterocycles. The predicted octanol–water partition coefficient (Wildman–Crippen LogP) is 4.41. The van der Waals surface area contributed by atoms with Crippen molar-refractivity contribution >= 4 is 11.6 Å². The van der Waals surface area contributed by atoms with Crippen LogP contribution in [-0.2, 0) is 6.42 Å². The van der Waals surface area contributed by atoms with Crippen LogP contribution in [0.4, 0.5) is 0 Å². The summed E-state index contributed by atoms with van der Waals surface area (Å²) < 4.78 is 5.90. The number of rotatable bonds is 5. The van der Waals surface area contributed by atoms with E-state index in [2.05, 4.69) is 6.92 Å². The number of nitrogens with two attached hydrogens (primary N) is 1. The van der Waals surface area contributed by atoms with E-state index in [1.54, 1.807) is 0 Å². The van der Waals surface area contributed by atoms with E-state index in [9.17, 15) is 0 Å². The maximum atomic E-state index is 6.26. The molecule has 0 aliphatic heterocycles. The highest BCUT2D eigenvalue weighted by atomic mass is 35.5. The first-order valence-corrected chi connectivity index (χ1v) is 6.84. The Kier molecular flexibility index (Phi) is 4.83. The van der Waals surface area contributed by atoms with Gasteiger partial charge < -0.3 is 10.5 Å². The fourth-order valence-corrected chi connectivity index (χ4v) is 2.10. The molecule has 2 aromatic carbocycles. The predicted molar refractivity (Wildman–Crippen MR) is 79.9 cm³/mol. The van der Waals surface area contributed by atoms with Crippen LogP contribution < -0.4 is 10.5 Å². The largest absolute Gasteiger partial charge is 0.457 e. The van der Waals surface area contributed by atoms with E-state index in [-0.39, 0.29) is 6.04 Å². The van der Waals surface area contributed by atoms with Gasteiger partial charge in [-0.15, -0.1) is 0 Å². The molecule has 19 heavy (non-hydrogen) atoms. The third-order valence-electron chi connectivity index (χ3n) is 3.04. The first kappa shape index (κ1) is 13.9. The van der Waals surface area contributed by atoms with Crippen molar-refractivity contribution in [1.29, 1.82) is 0 Å². The highest BCUT2D eigenvalue weighted by Crippen LogP contribution is 2.31. The molecule has 2 nitrogen and oxygen atoms in total. The fourth-order valence-electron chi connectivity index (χ4n) is 1.85. The van der Waals surface area contributed by atoms with Gasteiger partial charge in [0.2, 0.25) is 0 Å². The Hall–Kier alpha value is -1.51. The van der Waals surface area contributed by atoms with Crippen molar-refractivity contribution in [3.63, 3.8) is 0 Å². The zero-order chi connectivity index (χ0) is 13.7. The number of hydrogen-bond donors (Lipinski definition) is 1. The molecule has 0 saturated heterocycles. The summed E-state index contributed by atoms with van der Waals surface area (Å²) >= 11 is 6.26. The number of ether oxygens (including phenoxy) is 1. The minimum absolute atomic E-state index is 0.0954. The topological polar surface area (TPSA) is 35.2 Å². The summed E-state index contributed by atoms with van der Waals surface area (Å²) in [4.78, 5) is 0. The molecule has 2 rings (SSSR count). The number of para-hydroxylation sites is 1. The van der Waals surface area contributed by atoms with Gasteiger partial charge in [0.25, 0.3) is 0 Å². The number of benzene rings is 2. The number of hydrogen-bond acceptors (Lipinski definition) is 2. The quantitative estimate of drug-likeness (QED) is 0.877. The number of halogens is 1. The molecule has 0 amide bonds. The second-order valence-corrected chi connectivity index (χ2v) is 4.91. The van der Waals surface area contributed by atoms with Crippen LogP contribution in [0.2, 0.25) is 5.02 Å². The summed E-state index contributed by atoms with van der Waals surface area (Å²) in [6, 6.07) is 15.5. The highest BCUT2D eigenvalue weighted by molar-refractivity contribution is 6.31. The molecule has 3 heteroatoms. The summed E-state index contributed by atoms with van der Waals surface area (Å²) in [7, 11) is 0. The van der Waals surface area contributed by atoms with Crippen LogP contribution in [0.3, 0.4) is 0 Å². The van der Waals surface area contributed by atoms with E-state index in [0.29, 0.717) is 5.02 Å². The van der Waals surface area contributed by atoms with Crippen LogP contribution in [-0.4, -0.2) is 6.04 Å². The van der Waals surface area contributed by atoms with Crippen molar-refractivity contribution in [2.24, 2.45) is 5.73 Å². The van der Waals surface area contributed by atoms with Gasteiger partial charge in [0.05, 0.1) is 0 Å². The normalized spacial score (nSPS) is 12.2. The maximum absolute atomic E-state index is 6.26. The van der Waals surface area contributed by atoms with Crippen molar-refractivity contribution in [2.45, 2.75) is 25.8 Å². The van der Waals surface area contributed by atoms with Crippen molar-refractivity contribution < 1.29 is 4.74 Å². The average Bonchev–Trinajstić information content (AvgIpc) is 2.43. The van der Waals surface area contributed by atoms with Gasteiger partial charge in [0.1, 0.15) is 11.5 Å². The van der Waals surface area contributed by atoms with Crippen LogP contribution >= 0.6 is 11.6 Å². The van der Waals surface area contributed by atoms with Crippen LogP contribution in [0.15, 0.2) is 48.5 Å². The van der Waals surface area contributed by atoms with E-state index in [1.165, 1.54) is 0 Å². The Morgan fingerprint density at radius 1 is 1.11 bits per heavy atom. The molecule has 0 aromatic heterocycles. The van der Waals surface area contributed by atoms with Gasteiger partial charge >= 0.3 is 0 Å². The van der Waals surface area contributed by atoms with E-state index in [1.807, 2.05) is 48.5 Å². The second-order valence-electron chi connectivity index (χ2n) is 4.50. The monoisotopic (exact) mass is 275 g/mol. The second kappa shape index (κ2) is 6.60. The van der Waals surface area contributed by atoms with Gasteiger partial charge in [-0.25, -0.2) is 0 Å². The molecule has 2 aromatic rings. The first-order valence-electron chi connectivity index (χ1n) is 6.46. The molecule has 0 fully saturated rings. The van der Waals surface area contributed by atoms with E-state index < -0.39 is 0 Å². The fraction of sp³-hybridized carbons (Fsp3) is 0.250. The Morgan fingerprint density at radius 3 is 2.53 bits per heavy atom. The van der Waals surface area contributed by atoms with Crippen molar-refractivity contribution in [1.82, 2.24) is 0 Å². The van der Waals surface area contributed by atoms with E-state index >= 15 is 0 Å². The van der Waals surface area contributed by atoms with Crippen LogP contribution in [0.1, 0.15) is 18.9 Å². The zero-order valence-corrected chi connectivity index (χ0v) is 11.7. The molecule has 0 aliphatic rings. The molecule has 100 valence electrons. The third-order valence-corrected chi connectivity index (χ3v) is 3.39. The Labute approximate surface area is 119 Å². The molecule has 0 saturated carbocycles. The van der Waals surface area contributed by atoms with Gasteiger partial charge in [0.15, 0.2) is 0 Å². The summed E-state index contributed by atoms with van der Waals surface area (Å²) in [5.41, 5.74) is 7.00. The van der Waals surface area contributed by atoms with Crippen LogP contribution in [0.5, 0.6) is 11.5 Å². The van der Waals surface area contributed by atoms with Crippen molar-refractivity contribution in [3.05, 3.63) is 59.1 Å². The van der Waals surface area contributed by atoms with Crippen LogP contribution in [0, 0.1) is 0 Å². The molecule has 1 atom stereocenters. The van der Waals surface area contributed by atoms with Gasteiger partial charge in [-0.2, -0.15) is 0 Å². The summed E-state index contributed by atoms with van der Waals surface area (Å²) in [5.74, 6) is 1.58. The standard InChI is InChI=1S/C16H18ClNO/c1-2-12(18)11-14-15(17)9-6-10-16(14)19-13-7-4-3-5-8-13/h3-10,12H,2,11,18H2,1H3. The lowest BCUT2D eigenvalue weighted by molar-refractivity contribution is 0.472. The maximum Gasteiger partial charge on any atom is 0.132 e. The Morgan fingerprint density at radius 2 is 1.84 bits per heavy atom. The zero-order valence-electron chi connectivity index (χ0n) is 11.0. The highest BCUT2D eigenvalue weighted by Gasteiger charge is 2.12. The lowest BCUT2D eigenvalue weighted by atomic mass is 10.0. The van der Waals surface area contributed by atoms with Crippen molar-refractivity contribution in [2.75, 3.05) is 0 Å². The molecular formula is C16H18ClNO. The summed E-state index contributed by atoms with van der Waals surface area (Å²) in [6.45, 7) is 2.07. The van der Waals surface area contributed by atoms with Crippen molar-refractivity contribution in [3.8, 4) is 11.5 Å². The summed E-state index contributed by atoms with van der Waals surface area (Å²) in [5, 5.41) is 0.706. The van der Waals surface area contributed by atoms with Gasteiger partial charge in [-0.1, -0.05) is 42.8 Å². The molecular weight excluding hydrogens is 258 g/mol. The SMILES string of the molecule is CCC(N)Cc1c(Cl)cccc1Oc1ccccc1. The molecule has 2 N–H and O–H groups in total. The minimum atomic E-state index is 0.0954. The molecule has 0 aliphatic carbocycles. The van der Waals surface area contributed by atoms with Crippen LogP contribution in [0.25, 0.3) is 0 Å². The van der Waals surface area contributed by atoms with E-state index in [4.69, 9.17) is 22.1 Å². The molecule has 0 spiro atoms. The van der Waals surface area contributed by atoms with Gasteiger partial charge in [-0.05, 0) is 37.1 Å². The van der Waals surface area contributed by atoms with Gasteiger partial charge in [0, 0.05) is 16.6 Å². The third kappa shape index (κ3) is 3.72. The molecule has 1 unspecified atom stereocenters. The Balaban J connectivity index is 2.27. The van der Waals surface area contributed by atoms with Gasteiger partial charge in [-0.3, -0.25) is 0 Å². The lowest BCUT2D eigenvalue weighted by Crippen LogP contribution is -2.21.